The van der Waals surface area contributed by atoms with E-state index in [0.29, 0.717) is 0 Å². The standard InChI is InChI=1S/C14H17NO4/c1-10(13(16)17)15(12-7-8-12)14(18)19-9-11-5-3-2-4-6-11/h2-6,10,12H,7-9H2,1H3,(H,16,17)/t10-/m0/s1. The molecule has 1 aliphatic rings. The zero-order valence-electron chi connectivity index (χ0n) is 10.8. The van der Waals surface area contributed by atoms with Crippen LogP contribution in [0.4, 0.5) is 4.79 Å². The van der Waals surface area contributed by atoms with Crippen molar-refractivity contribution in [1.29, 1.82) is 0 Å². The second-order valence-corrected chi connectivity index (χ2v) is 4.69. The molecule has 1 saturated carbocycles. The molecule has 102 valence electrons. The number of amides is 1. The Kier molecular flexibility index (Phi) is 4.04. The van der Waals surface area contributed by atoms with Crippen molar-refractivity contribution in [3.05, 3.63) is 35.9 Å². The van der Waals surface area contributed by atoms with Gasteiger partial charge in [-0.25, -0.2) is 9.59 Å². The second-order valence-electron chi connectivity index (χ2n) is 4.69. The molecule has 1 N–H and O–H groups in total. The van der Waals surface area contributed by atoms with Gasteiger partial charge in [0.25, 0.3) is 0 Å². The minimum Gasteiger partial charge on any atom is -0.480 e. The Morgan fingerprint density at radius 3 is 2.53 bits per heavy atom. The van der Waals surface area contributed by atoms with E-state index in [-0.39, 0.29) is 12.6 Å². The van der Waals surface area contributed by atoms with Crippen LogP contribution in [0.3, 0.4) is 0 Å². The lowest BCUT2D eigenvalue weighted by Crippen LogP contribution is -2.44. The van der Waals surface area contributed by atoms with Gasteiger partial charge in [0.1, 0.15) is 12.6 Å². The number of aliphatic carboxylic acids is 1. The number of rotatable bonds is 5. The minimum absolute atomic E-state index is 0.00868. The van der Waals surface area contributed by atoms with Crippen LogP contribution in [0.5, 0.6) is 0 Å². The van der Waals surface area contributed by atoms with E-state index in [2.05, 4.69) is 0 Å². The highest BCUT2D eigenvalue weighted by molar-refractivity contribution is 5.80. The second kappa shape index (κ2) is 5.73. The largest absolute Gasteiger partial charge is 0.480 e. The number of carbonyl (C=O) groups excluding carboxylic acids is 1. The molecule has 5 nitrogen and oxygen atoms in total. The summed E-state index contributed by atoms with van der Waals surface area (Å²) in [5.41, 5.74) is 0.884. The number of carboxylic acid groups (broad SMARTS) is 1. The maximum Gasteiger partial charge on any atom is 0.411 e. The molecule has 0 heterocycles. The summed E-state index contributed by atoms with van der Waals surface area (Å²) in [5, 5.41) is 9.01. The van der Waals surface area contributed by atoms with E-state index in [1.807, 2.05) is 30.3 Å². The first-order valence-corrected chi connectivity index (χ1v) is 6.31. The highest BCUT2D eigenvalue weighted by atomic mass is 16.6. The molecule has 0 spiro atoms. The first-order valence-electron chi connectivity index (χ1n) is 6.31. The summed E-state index contributed by atoms with van der Waals surface area (Å²) in [7, 11) is 0. The molecule has 1 atom stereocenters. The van der Waals surface area contributed by atoms with Crippen LogP contribution in [0.2, 0.25) is 0 Å². The highest BCUT2D eigenvalue weighted by Crippen LogP contribution is 2.29. The number of ether oxygens (including phenoxy) is 1. The van der Waals surface area contributed by atoms with Gasteiger partial charge < -0.3 is 9.84 Å². The molecule has 0 aliphatic heterocycles. The number of carboxylic acids is 1. The summed E-state index contributed by atoms with van der Waals surface area (Å²) in [6.07, 6.45) is 1.14. The van der Waals surface area contributed by atoms with Crippen molar-refractivity contribution in [3.63, 3.8) is 0 Å². The van der Waals surface area contributed by atoms with Gasteiger partial charge in [-0.05, 0) is 25.3 Å². The van der Waals surface area contributed by atoms with Gasteiger partial charge in [-0.1, -0.05) is 30.3 Å². The van der Waals surface area contributed by atoms with E-state index >= 15 is 0 Å². The lowest BCUT2D eigenvalue weighted by molar-refractivity contribution is -0.142. The molecular weight excluding hydrogens is 246 g/mol. The topological polar surface area (TPSA) is 66.8 Å². The van der Waals surface area contributed by atoms with Crippen molar-refractivity contribution in [2.45, 2.75) is 38.5 Å². The van der Waals surface area contributed by atoms with Gasteiger partial charge >= 0.3 is 12.1 Å². The van der Waals surface area contributed by atoms with Crippen LogP contribution in [0, 0.1) is 0 Å². The first-order chi connectivity index (χ1) is 9.09. The maximum atomic E-state index is 12.0. The van der Waals surface area contributed by atoms with E-state index in [9.17, 15) is 9.59 Å². The molecule has 1 amide bonds. The van der Waals surface area contributed by atoms with Gasteiger partial charge in [0.05, 0.1) is 0 Å². The van der Waals surface area contributed by atoms with E-state index in [1.165, 1.54) is 11.8 Å². The number of hydrogen-bond donors (Lipinski definition) is 1. The summed E-state index contributed by atoms with van der Waals surface area (Å²) in [4.78, 5) is 24.3. The molecule has 0 saturated heterocycles. The van der Waals surface area contributed by atoms with Gasteiger partial charge in [0.15, 0.2) is 0 Å². The van der Waals surface area contributed by atoms with Crippen LogP contribution in [0.25, 0.3) is 0 Å². The molecule has 2 rings (SSSR count). The van der Waals surface area contributed by atoms with Gasteiger partial charge in [0, 0.05) is 6.04 Å². The quantitative estimate of drug-likeness (QED) is 0.884. The molecule has 5 heteroatoms. The molecule has 1 aromatic carbocycles. The van der Waals surface area contributed by atoms with Gasteiger partial charge in [-0.2, -0.15) is 0 Å². The van der Waals surface area contributed by atoms with Crippen molar-refractivity contribution in [1.82, 2.24) is 4.90 Å². The van der Waals surface area contributed by atoms with E-state index in [4.69, 9.17) is 9.84 Å². The van der Waals surface area contributed by atoms with Crippen LogP contribution in [-0.4, -0.2) is 34.2 Å². The Morgan fingerprint density at radius 2 is 2.00 bits per heavy atom. The van der Waals surface area contributed by atoms with Crippen LogP contribution >= 0.6 is 0 Å². The molecule has 0 radical (unpaired) electrons. The third-order valence-electron chi connectivity index (χ3n) is 3.13. The van der Waals surface area contributed by atoms with Crippen molar-refractivity contribution in [2.24, 2.45) is 0 Å². The Labute approximate surface area is 111 Å². The van der Waals surface area contributed by atoms with Gasteiger partial charge in [-0.3, -0.25) is 4.90 Å². The Balaban J connectivity index is 1.95. The highest BCUT2D eigenvalue weighted by Gasteiger charge is 2.39. The van der Waals surface area contributed by atoms with Crippen molar-refractivity contribution in [3.8, 4) is 0 Å². The molecule has 0 aromatic heterocycles. The fourth-order valence-corrected chi connectivity index (χ4v) is 1.89. The fraction of sp³-hybridized carbons (Fsp3) is 0.429. The van der Waals surface area contributed by atoms with Crippen molar-refractivity contribution >= 4 is 12.1 Å². The number of hydrogen-bond acceptors (Lipinski definition) is 3. The van der Waals surface area contributed by atoms with Gasteiger partial charge in [-0.15, -0.1) is 0 Å². The summed E-state index contributed by atoms with van der Waals surface area (Å²) >= 11 is 0. The smallest absolute Gasteiger partial charge is 0.411 e. The minimum atomic E-state index is -1.01. The number of benzene rings is 1. The SMILES string of the molecule is C[C@@H](C(=O)O)N(C(=O)OCc1ccccc1)C1CC1. The van der Waals surface area contributed by atoms with Crippen molar-refractivity contribution in [2.75, 3.05) is 0 Å². The molecule has 1 aromatic rings. The first kappa shape index (κ1) is 13.4. The molecule has 0 bridgehead atoms. The normalized spacial score (nSPS) is 15.6. The predicted molar refractivity (Wildman–Crippen MR) is 68.6 cm³/mol. The monoisotopic (exact) mass is 263 g/mol. The van der Waals surface area contributed by atoms with Crippen LogP contribution in [0.15, 0.2) is 30.3 Å². The molecule has 1 fully saturated rings. The lowest BCUT2D eigenvalue weighted by atomic mass is 10.2. The van der Waals surface area contributed by atoms with E-state index in [1.54, 1.807) is 0 Å². The molecular formula is C14H17NO4. The average Bonchev–Trinajstić information content (AvgIpc) is 3.22. The third kappa shape index (κ3) is 3.47. The van der Waals surface area contributed by atoms with Crippen molar-refractivity contribution < 1.29 is 19.4 Å². The Hall–Kier alpha value is -2.04. The average molecular weight is 263 g/mol. The fourth-order valence-electron chi connectivity index (χ4n) is 1.89. The van der Waals surface area contributed by atoms with Crippen LogP contribution in [0.1, 0.15) is 25.3 Å². The summed E-state index contributed by atoms with van der Waals surface area (Å²) in [6, 6.07) is 8.48. The Bertz CT molecular complexity index is 456. The van der Waals surface area contributed by atoms with Crippen LogP contribution < -0.4 is 0 Å². The molecule has 1 aliphatic carbocycles. The summed E-state index contributed by atoms with van der Waals surface area (Å²) in [5.74, 6) is -1.01. The lowest BCUT2D eigenvalue weighted by Gasteiger charge is -2.25. The predicted octanol–water partition coefficient (Wildman–Crippen LogP) is 2.26. The molecule has 0 unspecified atom stereocenters. The number of nitrogens with zero attached hydrogens (tertiary/aromatic N) is 1. The Morgan fingerprint density at radius 1 is 1.37 bits per heavy atom. The van der Waals surface area contributed by atoms with E-state index in [0.717, 1.165) is 18.4 Å². The summed E-state index contributed by atoms with van der Waals surface area (Å²) in [6.45, 7) is 1.67. The van der Waals surface area contributed by atoms with E-state index < -0.39 is 18.1 Å². The zero-order chi connectivity index (χ0) is 13.8. The third-order valence-corrected chi connectivity index (χ3v) is 3.13. The van der Waals surface area contributed by atoms with Gasteiger partial charge in [0.2, 0.25) is 0 Å². The maximum absolute atomic E-state index is 12.0. The zero-order valence-corrected chi connectivity index (χ0v) is 10.8. The summed E-state index contributed by atoms with van der Waals surface area (Å²) < 4.78 is 5.19. The van der Waals surface area contributed by atoms with Crippen LogP contribution in [-0.2, 0) is 16.1 Å². The number of carbonyl (C=O) groups is 2. The molecule has 19 heavy (non-hydrogen) atoms.